The predicted molar refractivity (Wildman–Crippen MR) is 82.8 cm³/mol. The quantitative estimate of drug-likeness (QED) is 0.216. The number of rotatable bonds is 4. The van der Waals surface area contributed by atoms with Crippen LogP contribution in [0.5, 0.6) is 11.5 Å². The number of hydrogen-bond acceptors (Lipinski definition) is 7. The molecule has 3 rings (SSSR count). The second kappa shape index (κ2) is 5.53. The highest BCUT2D eigenvalue weighted by Gasteiger charge is 2.44. The molecule has 2 aromatic rings. The van der Waals surface area contributed by atoms with Gasteiger partial charge in [0.1, 0.15) is 18.0 Å². The number of aromatic hydroxyl groups is 2. The van der Waals surface area contributed by atoms with Gasteiger partial charge in [-0.05, 0) is 12.1 Å². The summed E-state index contributed by atoms with van der Waals surface area (Å²) in [6, 6.07) is 2.16. The Morgan fingerprint density at radius 2 is 1.72 bits per heavy atom. The molecule has 0 saturated heterocycles. The molecule has 0 unspecified atom stereocenters. The zero-order chi connectivity index (χ0) is 18.5. The van der Waals surface area contributed by atoms with E-state index in [2.05, 4.69) is 5.21 Å². The molecule has 0 fully saturated rings. The summed E-state index contributed by atoms with van der Waals surface area (Å²) < 4.78 is 0.510. The molecule has 2 N–H and O–H groups in total. The molecule has 10 nitrogen and oxygen atoms in total. The highest BCUT2D eigenvalue weighted by molar-refractivity contribution is 6.28. The number of hydrogen-bond donors (Lipinski definition) is 2. The van der Waals surface area contributed by atoms with E-state index >= 15 is 0 Å². The van der Waals surface area contributed by atoms with Gasteiger partial charge in [-0.3, -0.25) is 9.59 Å². The van der Waals surface area contributed by atoms with Crippen molar-refractivity contribution in [2.75, 3.05) is 20.6 Å². The molecule has 1 heterocycles. The zero-order valence-electron chi connectivity index (χ0n) is 13.6. The van der Waals surface area contributed by atoms with Crippen LogP contribution in [0.25, 0.3) is 0 Å². The largest absolute Gasteiger partial charge is 0.691 e. The summed E-state index contributed by atoms with van der Waals surface area (Å²) in [7, 11) is 2.91. The number of phenols is 2. The van der Waals surface area contributed by atoms with E-state index < -0.39 is 39.0 Å². The fourth-order valence-corrected chi connectivity index (χ4v) is 2.85. The Hall–Kier alpha value is -2.98. The van der Waals surface area contributed by atoms with Gasteiger partial charge < -0.3 is 25.3 Å². The van der Waals surface area contributed by atoms with Crippen molar-refractivity contribution in [2.24, 2.45) is 0 Å². The third-order valence-corrected chi connectivity index (χ3v) is 3.98. The van der Waals surface area contributed by atoms with Gasteiger partial charge in [0.15, 0.2) is 0 Å². The number of ketones is 2. The summed E-state index contributed by atoms with van der Waals surface area (Å²) >= 11 is 0. The van der Waals surface area contributed by atoms with Crippen molar-refractivity contribution < 1.29 is 29.3 Å². The molecular formula is C15H16N4O6. The second-order valence-corrected chi connectivity index (χ2v) is 6.35. The minimum Gasteiger partial charge on any atom is -0.691 e. The van der Waals surface area contributed by atoms with Crippen molar-refractivity contribution in [3.63, 3.8) is 0 Å². The monoisotopic (exact) mass is 348 g/mol. The van der Waals surface area contributed by atoms with Crippen LogP contribution in [0, 0.1) is 10.4 Å². The molecule has 1 aromatic carbocycles. The number of carbonyl (C=O) groups is 2. The maximum absolute atomic E-state index is 12.7. The number of carbonyl (C=O) groups excluding carboxylic acids is 2. The first-order valence-corrected chi connectivity index (χ1v) is 7.51. The van der Waals surface area contributed by atoms with Gasteiger partial charge in [0.2, 0.25) is 11.6 Å². The van der Waals surface area contributed by atoms with Crippen LogP contribution < -0.4 is 4.85 Å². The van der Waals surface area contributed by atoms with E-state index in [0.29, 0.717) is 6.42 Å². The summed E-state index contributed by atoms with van der Waals surface area (Å²) in [6.45, 7) is 0.299. The maximum Gasteiger partial charge on any atom is 0.254 e. The summed E-state index contributed by atoms with van der Waals surface area (Å²) in [5.74, 6) is -2.65. The maximum atomic E-state index is 12.7. The van der Waals surface area contributed by atoms with E-state index in [0.717, 1.165) is 16.8 Å². The number of aromatic nitrogens is 3. The van der Waals surface area contributed by atoms with Gasteiger partial charge >= 0.3 is 0 Å². The van der Waals surface area contributed by atoms with Crippen LogP contribution >= 0.6 is 0 Å². The molecule has 25 heavy (non-hydrogen) atoms. The molecule has 1 aliphatic carbocycles. The van der Waals surface area contributed by atoms with Crippen LogP contribution in [0.1, 0.15) is 38.5 Å². The van der Waals surface area contributed by atoms with E-state index in [4.69, 9.17) is 0 Å². The Morgan fingerprint density at radius 3 is 2.28 bits per heavy atom. The van der Waals surface area contributed by atoms with Gasteiger partial charge in [-0.15, -0.1) is 9.53 Å². The first-order chi connectivity index (χ1) is 11.6. The third kappa shape index (κ3) is 2.71. The summed E-state index contributed by atoms with van der Waals surface area (Å²) in [6.07, 6.45) is 0.324. The topological polar surface area (TPSA) is 142 Å². The van der Waals surface area contributed by atoms with Gasteiger partial charge in [-0.25, -0.2) is 0 Å². The van der Waals surface area contributed by atoms with Crippen molar-refractivity contribution in [3.05, 3.63) is 45.1 Å². The molecule has 1 aliphatic rings. The van der Waals surface area contributed by atoms with Crippen LogP contribution in [-0.4, -0.2) is 57.0 Å². The Balaban J connectivity index is 2.07. The number of quaternary nitrogens is 1. The van der Waals surface area contributed by atoms with E-state index in [1.807, 2.05) is 0 Å². The van der Waals surface area contributed by atoms with Gasteiger partial charge in [-0.1, -0.05) is 0 Å². The first kappa shape index (κ1) is 16.9. The second-order valence-electron chi connectivity index (χ2n) is 6.35. The number of aryl methyl sites for hydroxylation is 1. The Kier molecular flexibility index (Phi) is 3.73. The van der Waals surface area contributed by atoms with Crippen LogP contribution in [0.3, 0.4) is 0 Å². The Bertz CT molecular complexity index is 896. The molecule has 10 heteroatoms. The average molecular weight is 348 g/mol. The first-order valence-electron chi connectivity index (χ1n) is 7.51. The minimum atomic E-state index is -0.890. The molecule has 0 radical (unpaired) electrons. The smallest absolute Gasteiger partial charge is 0.254 e. The van der Waals surface area contributed by atoms with Crippen molar-refractivity contribution in [3.8, 4) is 11.5 Å². The Labute approximate surface area is 141 Å². The van der Waals surface area contributed by atoms with Gasteiger partial charge in [0.05, 0.1) is 37.0 Å². The molecule has 1 aromatic heterocycles. The SMILES string of the molecule is C[N+](C)([O-])CCCn1n[n+]([O-])c2c1C(=O)c1c(O)ccc(O)c1C2=O. The van der Waals surface area contributed by atoms with Crippen molar-refractivity contribution >= 4 is 11.6 Å². The lowest BCUT2D eigenvalue weighted by Gasteiger charge is -2.33. The fraction of sp³-hybridized carbons (Fsp3) is 0.333. The van der Waals surface area contributed by atoms with Crippen LogP contribution in [0.15, 0.2) is 12.1 Å². The van der Waals surface area contributed by atoms with Crippen LogP contribution in [0.4, 0.5) is 0 Å². The molecule has 0 atom stereocenters. The standard InChI is InChI=1S/C15H16N4O6/c1-19(2,25)7-3-6-17-12-13(18(24)16-17)15(23)11-9(21)5-4-8(20)10(11)14(12)22/h4-5,20-21H,3,6-7H2,1-2H3. The summed E-state index contributed by atoms with van der Waals surface area (Å²) in [5, 5.41) is 47.0. The zero-order valence-corrected chi connectivity index (χ0v) is 13.6. The number of benzene rings is 1. The number of nitrogens with zero attached hydrogens (tertiary/aromatic N) is 4. The highest BCUT2D eigenvalue weighted by atomic mass is 16.5. The molecule has 132 valence electrons. The van der Waals surface area contributed by atoms with Crippen molar-refractivity contribution in [1.29, 1.82) is 0 Å². The van der Waals surface area contributed by atoms with Gasteiger partial charge in [-0.2, -0.15) is 0 Å². The predicted octanol–water partition coefficient (Wildman–Crippen LogP) is -0.333. The Morgan fingerprint density at radius 1 is 1.16 bits per heavy atom. The number of hydroxylamine groups is 3. The normalized spacial score (nSPS) is 13.7. The molecule has 0 spiro atoms. The lowest BCUT2D eigenvalue weighted by atomic mass is 9.88. The van der Waals surface area contributed by atoms with Gasteiger partial charge in [0, 0.05) is 6.42 Å². The number of phenolic OH excluding ortho intramolecular Hbond substituents is 2. The lowest BCUT2D eigenvalue weighted by molar-refractivity contribution is -0.840. The fourth-order valence-electron chi connectivity index (χ4n) is 2.85. The minimum absolute atomic E-state index is 0.0270. The number of fused-ring (bicyclic) bond motifs is 2. The van der Waals surface area contributed by atoms with E-state index in [1.165, 1.54) is 14.1 Å². The molecular weight excluding hydrogens is 332 g/mol. The van der Waals surface area contributed by atoms with Crippen LogP contribution in [0.2, 0.25) is 0 Å². The molecule has 0 amide bonds. The van der Waals surface area contributed by atoms with Crippen molar-refractivity contribution in [2.45, 2.75) is 13.0 Å². The lowest BCUT2D eigenvalue weighted by Crippen LogP contribution is -2.38. The van der Waals surface area contributed by atoms with Gasteiger partial charge in [0.25, 0.3) is 11.4 Å². The van der Waals surface area contributed by atoms with E-state index in [-0.39, 0.29) is 29.2 Å². The van der Waals surface area contributed by atoms with Crippen molar-refractivity contribution in [1.82, 2.24) is 9.90 Å². The molecule has 0 saturated carbocycles. The summed E-state index contributed by atoms with van der Waals surface area (Å²) in [5.41, 5.74) is -1.54. The highest BCUT2D eigenvalue weighted by Crippen LogP contribution is 2.36. The summed E-state index contributed by atoms with van der Waals surface area (Å²) in [4.78, 5) is 25.3. The average Bonchev–Trinajstić information content (AvgIpc) is 2.83. The van der Waals surface area contributed by atoms with E-state index in [1.54, 1.807) is 0 Å². The molecule has 0 aliphatic heterocycles. The molecule has 0 bridgehead atoms. The van der Waals surface area contributed by atoms with E-state index in [9.17, 15) is 30.2 Å². The van der Waals surface area contributed by atoms with Crippen LogP contribution in [-0.2, 0) is 6.54 Å². The third-order valence-electron chi connectivity index (χ3n) is 3.98.